The fourth-order valence-electron chi connectivity index (χ4n) is 3.88. The molecule has 2 aliphatic rings. The van der Waals surface area contributed by atoms with E-state index in [0.717, 1.165) is 30.8 Å². The molecule has 1 saturated carbocycles. The lowest BCUT2D eigenvalue weighted by atomic mass is 10.0. The molecule has 1 aliphatic heterocycles. The minimum Gasteiger partial charge on any atom is -0.497 e. The summed E-state index contributed by atoms with van der Waals surface area (Å²) in [6.45, 7) is 5.62. The highest BCUT2D eigenvalue weighted by molar-refractivity contribution is 5.30. The first kappa shape index (κ1) is 13.9. The van der Waals surface area contributed by atoms with Gasteiger partial charge in [-0.25, -0.2) is 0 Å². The van der Waals surface area contributed by atoms with Crippen molar-refractivity contribution in [2.24, 2.45) is 5.92 Å². The number of hydrogen-bond donors (Lipinski definition) is 1. The highest BCUT2D eigenvalue weighted by Gasteiger charge is 2.38. The number of likely N-dealkylation sites (N-methyl/N-ethyl adjacent to an activating group) is 1. The van der Waals surface area contributed by atoms with E-state index in [9.17, 15) is 0 Å². The molecule has 1 aromatic rings. The van der Waals surface area contributed by atoms with Gasteiger partial charge in [-0.3, -0.25) is 4.90 Å². The molecule has 0 spiro atoms. The molecular weight excluding hydrogens is 248 g/mol. The van der Waals surface area contributed by atoms with Gasteiger partial charge in [-0.15, -0.1) is 0 Å². The number of rotatable bonds is 6. The third-order valence-corrected chi connectivity index (χ3v) is 4.89. The smallest absolute Gasteiger partial charge is 0.119 e. The molecule has 0 aromatic heterocycles. The summed E-state index contributed by atoms with van der Waals surface area (Å²) in [4.78, 5) is 2.70. The van der Waals surface area contributed by atoms with Crippen LogP contribution in [0.2, 0.25) is 0 Å². The molecule has 1 aromatic carbocycles. The zero-order valence-electron chi connectivity index (χ0n) is 12.6. The molecule has 2 fully saturated rings. The molecule has 2 bridgehead atoms. The summed E-state index contributed by atoms with van der Waals surface area (Å²) < 4.78 is 5.36. The van der Waals surface area contributed by atoms with Gasteiger partial charge in [0.1, 0.15) is 5.75 Å². The van der Waals surface area contributed by atoms with E-state index in [0.29, 0.717) is 6.04 Å². The van der Waals surface area contributed by atoms with E-state index in [1.165, 1.54) is 31.4 Å². The summed E-state index contributed by atoms with van der Waals surface area (Å²) in [5, 5.41) is 3.64. The molecule has 3 heteroatoms. The predicted octanol–water partition coefficient (Wildman–Crippen LogP) is 2.83. The molecule has 0 amide bonds. The molecule has 0 radical (unpaired) electrons. The average molecular weight is 274 g/mol. The number of benzene rings is 1. The molecule has 1 heterocycles. The fraction of sp³-hybridized carbons (Fsp3) is 0.647. The molecular formula is C17H26N2O. The predicted molar refractivity (Wildman–Crippen MR) is 82.1 cm³/mol. The Morgan fingerprint density at radius 2 is 2.30 bits per heavy atom. The number of fused-ring (bicyclic) bond motifs is 2. The number of ether oxygens (including phenoxy) is 1. The van der Waals surface area contributed by atoms with Crippen LogP contribution in [0.5, 0.6) is 5.75 Å². The maximum atomic E-state index is 5.36. The van der Waals surface area contributed by atoms with Gasteiger partial charge in [0.25, 0.3) is 0 Å². The molecule has 1 N–H and O–H groups in total. The Balaban J connectivity index is 1.71. The Hall–Kier alpha value is -1.06. The van der Waals surface area contributed by atoms with E-state index in [1.54, 1.807) is 7.11 Å². The van der Waals surface area contributed by atoms with E-state index in [-0.39, 0.29) is 0 Å². The number of nitrogens with zero attached hydrogens (tertiary/aromatic N) is 1. The van der Waals surface area contributed by atoms with Gasteiger partial charge < -0.3 is 10.1 Å². The summed E-state index contributed by atoms with van der Waals surface area (Å²) in [6, 6.07) is 9.74. The molecule has 20 heavy (non-hydrogen) atoms. The summed E-state index contributed by atoms with van der Waals surface area (Å²) in [6.07, 6.45) is 4.28. The van der Waals surface area contributed by atoms with E-state index in [2.05, 4.69) is 35.3 Å². The van der Waals surface area contributed by atoms with Crippen LogP contribution in [-0.4, -0.2) is 37.7 Å². The number of likely N-dealkylation sites (tertiary alicyclic amines) is 1. The van der Waals surface area contributed by atoms with Gasteiger partial charge in [0.15, 0.2) is 0 Å². The quantitative estimate of drug-likeness (QED) is 0.863. The van der Waals surface area contributed by atoms with Gasteiger partial charge in [0.2, 0.25) is 0 Å². The zero-order chi connectivity index (χ0) is 13.9. The number of methoxy groups -OCH3 is 1. The minimum absolute atomic E-state index is 0.412. The third kappa shape index (κ3) is 2.84. The standard InChI is InChI=1S/C17H26N2O/c1-3-18-17(14-5-4-6-16(10-14)20-2)12-19-11-13-7-8-15(19)9-13/h4-6,10,13,15,17-18H,3,7-9,11-12H2,1-2H3. The lowest BCUT2D eigenvalue weighted by Crippen LogP contribution is -2.39. The Kier molecular flexibility index (Phi) is 4.27. The Morgan fingerprint density at radius 1 is 1.40 bits per heavy atom. The second kappa shape index (κ2) is 6.15. The third-order valence-electron chi connectivity index (χ3n) is 4.89. The second-order valence-corrected chi connectivity index (χ2v) is 6.17. The van der Waals surface area contributed by atoms with Crippen LogP contribution in [0.3, 0.4) is 0 Å². The van der Waals surface area contributed by atoms with Crippen LogP contribution in [0.25, 0.3) is 0 Å². The molecule has 3 rings (SSSR count). The lowest BCUT2D eigenvalue weighted by molar-refractivity contribution is 0.192. The van der Waals surface area contributed by atoms with Gasteiger partial charge >= 0.3 is 0 Å². The molecule has 1 saturated heterocycles. The monoisotopic (exact) mass is 274 g/mol. The molecule has 110 valence electrons. The Labute approximate surface area is 122 Å². The van der Waals surface area contributed by atoms with Crippen LogP contribution in [-0.2, 0) is 0 Å². The first-order chi connectivity index (χ1) is 9.80. The van der Waals surface area contributed by atoms with Gasteiger partial charge in [-0.2, -0.15) is 0 Å². The van der Waals surface area contributed by atoms with Crippen molar-refractivity contribution in [2.75, 3.05) is 26.7 Å². The van der Waals surface area contributed by atoms with Crippen molar-refractivity contribution in [1.82, 2.24) is 10.2 Å². The number of nitrogens with one attached hydrogen (secondary N) is 1. The lowest BCUT2D eigenvalue weighted by Gasteiger charge is -2.31. The highest BCUT2D eigenvalue weighted by atomic mass is 16.5. The zero-order valence-corrected chi connectivity index (χ0v) is 12.6. The van der Waals surface area contributed by atoms with Crippen molar-refractivity contribution in [3.05, 3.63) is 29.8 Å². The summed E-state index contributed by atoms with van der Waals surface area (Å²) >= 11 is 0. The fourth-order valence-corrected chi connectivity index (χ4v) is 3.88. The van der Waals surface area contributed by atoms with Crippen LogP contribution in [0.15, 0.2) is 24.3 Å². The van der Waals surface area contributed by atoms with Gasteiger partial charge in [-0.1, -0.05) is 19.1 Å². The van der Waals surface area contributed by atoms with Gasteiger partial charge in [-0.05, 0) is 49.4 Å². The van der Waals surface area contributed by atoms with Crippen molar-refractivity contribution < 1.29 is 4.74 Å². The van der Waals surface area contributed by atoms with E-state index < -0.39 is 0 Å². The van der Waals surface area contributed by atoms with Crippen LogP contribution >= 0.6 is 0 Å². The maximum Gasteiger partial charge on any atom is 0.119 e. The Morgan fingerprint density at radius 3 is 2.95 bits per heavy atom. The molecule has 3 unspecified atom stereocenters. The van der Waals surface area contributed by atoms with Gasteiger partial charge in [0.05, 0.1) is 7.11 Å². The van der Waals surface area contributed by atoms with Gasteiger partial charge in [0, 0.05) is 25.2 Å². The van der Waals surface area contributed by atoms with Crippen LogP contribution < -0.4 is 10.1 Å². The molecule has 3 nitrogen and oxygen atoms in total. The minimum atomic E-state index is 0.412. The van der Waals surface area contributed by atoms with Crippen molar-refractivity contribution in [1.29, 1.82) is 0 Å². The first-order valence-electron chi connectivity index (χ1n) is 7.91. The van der Waals surface area contributed by atoms with Crippen LogP contribution in [0.1, 0.15) is 37.8 Å². The molecule has 1 aliphatic carbocycles. The summed E-state index contributed by atoms with van der Waals surface area (Å²) in [7, 11) is 1.74. The summed E-state index contributed by atoms with van der Waals surface area (Å²) in [5.74, 6) is 1.92. The summed E-state index contributed by atoms with van der Waals surface area (Å²) in [5.41, 5.74) is 1.34. The SMILES string of the molecule is CCNC(CN1CC2CCC1C2)c1cccc(OC)c1. The molecule has 3 atom stereocenters. The number of hydrogen-bond acceptors (Lipinski definition) is 3. The van der Waals surface area contributed by atoms with E-state index >= 15 is 0 Å². The normalized spacial score (nSPS) is 26.9. The van der Waals surface area contributed by atoms with Crippen LogP contribution in [0.4, 0.5) is 0 Å². The average Bonchev–Trinajstić information content (AvgIpc) is 3.09. The van der Waals surface area contributed by atoms with Crippen molar-refractivity contribution in [3.8, 4) is 5.75 Å². The first-order valence-corrected chi connectivity index (χ1v) is 7.91. The Bertz CT molecular complexity index is 448. The van der Waals surface area contributed by atoms with Crippen molar-refractivity contribution in [2.45, 2.75) is 38.3 Å². The highest BCUT2D eigenvalue weighted by Crippen LogP contribution is 2.38. The van der Waals surface area contributed by atoms with E-state index in [1.807, 2.05) is 6.07 Å². The van der Waals surface area contributed by atoms with Crippen molar-refractivity contribution >= 4 is 0 Å². The maximum absolute atomic E-state index is 5.36. The van der Waals surface area contributed by atoms with E-state index in [4.69, 9.17) is 4.74 Å². The number of piperidine rings is 1. The topological polar surface area (TPSA) is 24.5 Å². The van der Waals surface area contributed by atoms with Crippen LogP contribution in [0, 0.1) is 5.92 Å². The van der Waals surface area contributed by atoms with Crippen molar-refractivity contribution in [3.63, 3.8) is 0 Å². The largest absolute Gasteiger partial charge is 0.497 e. The second-order valence-electron chi connectivity index (χ2n) is 6.17.